The van der Waals surface area contributed by atoms with Gasteiger partial charge in [0, 0.05) is 18.4 Å². The summed E-state index contributed by atoms with van der Waals surface area (Å²) in [5.74, 6) is 2.24. The van der Waals surface area contributed by atoms with Crippen LogP contribution in [0, 0.1) is 11.8 Å². The molecule has 0 bridgehead atoms. The molecule has 1 N–H and O–H groups in total. The van der Waals surface area contributed by atoms with Gasteiger partial charge in [-0.05, 0) is 48.9 Å². The molecule has 1 saturated carbocycles. The zero-order chi connectivity index (χ0) is 12.3. The van der Waals surface area contributed by atoms with Crippen LogP contribution in [0.5, 0.6) is 0 Å². The largest absolute Gasteiger partial charge is 0.316 e. The maximum atomic E-state index is 4.11. The Morgan fingerprint density at radius 1 is 1.29 bits per heavy atom. The molecule has 1 aliphatic carbocycles. The summed E-state index contributed by atoms with van der Waals surface area (Å²) in [6, 6.07) is 4.89. The van der Waals surface area contributed by atoms with Crippen molar-refractivity contribution in [2.24, 2.45) is 11.8 Å². The molecule has 0 aliphatic heterocycles. The maximum Gasteiger partial charge on any atom is 0.0270 e. The molecule has 2 nitrogen and oxygen atoms in total. The smallest absolute Gasteiger partial charge is 0.0270 e. The Bertz CT molecular complexity index is 336. The molecule has 1 heterocycles. The minimum Gasteiger partial charge on any atom is -0.316 e. The van der Waals surface area contributed by atoms with E-state index < -0.39 is 0 Å². The molecule has 17 heavy (non-hydrogen) atoms. The van der Waals surface area contributed by atoms with Gasteiger partial charge in [0.25, 0.3) is 0 Å². The number of rotatable bonds is 4. The molecule has 4 atom stereocenters. The average Bonchev–Trinajstić information content (AvgIpc) is 2.78. The average molecular weight is 232 g/mol. The second-order valence-electron chi connectivity index (χ2n) is 5.46. The van der Waals surface area contributed by atoms with Crippen LogP contribution in [0.15, 0.2) is 24.5 Å². The first-order valence-electron chi connectivity index (χ1n) is 6.81. The van der Waals surface area contributed by atoms with Gasteiger partial charge in [0.2, 0.25) is 0 Å². The molecular formula is C15H24N2. The van der Waals surface area contributed by atoms with E-state index in [1.54, 1.807) is 0 Å². The summed E-state index contributed by atoms with van der Waals surface area (Å²) in [6.07, 6.45) is 7.97. The van der Waals surface area contributed by atoms with Crippen LogP contribution >= 0.6 is 0 Å². The molecule has 0 saturated heterocycles. The quantitative estimate of drug-likeness (QED) is 0.862. The first-order chi connectivity index (χ1) is 8.24. The van der Waals surface area contributed by atoms with Crippen molar-refractivity contribution in [1.29, 1.82) is 0 Å². The molecule has 2 rings (SSSR count). The highest BCUT2D eigenvalue weighted by Crippen LogP contribution is 2.38. The van der Waals surface area contributed by atoms with Gasteiger partial charge in [0.05, 0.1) is 0 Å². The molecular weight excluding hydrogens is 208 g/mol. The van der Waals surface area contributed by atoms with Crippen LogP contribution < -0.4 is 5.32 Å². The third-order valence-electron chi connectivity index (χ3n) is 4.49. The van der Waals surface area contributed by atoms with Crippen LogP contribution in [0.25, 0.3) is 0 Å². The lowest BCUT2D eigenvalue weighted by atomic mass is 9.80. The molecule has 1 aromatic heterocycles. The Morgan fingerprint density at radius 3 is 2.53 bits per heavy atom. The first-order valence-corrected chi connectivity index (χ1v) is 6.81. The van der Waals surface area contributed by atoms with Crippen molar-refractivity contribution >= 4 is 0 Å². The Kier molecular flexibility index (Phi) is 4.16. The van der Waals surface area contributed by atoms with Gasteiger partial charge in [-0.15, -0.1) is 0 Å². The van der Waals surface area contributed by atoms with Crippen LogP contribution in [0.4, 0.5) is 0 Å². The molecule has 94 valence electrons. The second-order valence-corrected chi connectivity index (χ2v) is 5.46. The number of hydrogen-bond acceptors (Lipinski definition) is 2. The van der Waals surface area contributed by atoms with Crippen molar-refractivity contribution in [3.8, 4) is 0 Å². The standard InChI is InChI=1S/C15H24N2/c1-11-5-4-6-14(11)15(16-3)12(2)13-7-9-17-10-8-13/h7-12,14-16H,4-6H2,1-3H3. The van der Waals surface area contributed by atoms with Gasteiger partial charge in [-0.2, -0.15) is 0 Å². The van der Waals surface area contributed by atoms with Gasteiger partial charge in [-0.3, -0.25) is 4.98 Å². The Balaban J connectivity index is 2.13. The number of aromatic nitrogens is 1. The van der Waals surface area contributed by atoms with Crippen molar-refractivity contribution < 1.29 is 0 Å². The van der Waals surface area contributed by atoms with Crippen LogP contribution in [-0.4, -0.2) is 18.1 Å². The summed E-state index contributed by atoms with van der Waals surface area (Å²) < 4.78 is 0. The number of nitrogens with zero attached hydrogens (tertiary/aromatic N) is 1. The Morgan fingerprint density at radius 2 is 2.00 bits per heavy atom. The van der Waals surface area contributed by atoms with E-state index in [1.165, 1.54) is 24.8 Å². The van der Waals surface area contributed by atoms with Gasteiger partial charge < -0.3 is 5.32 Å². The second kappa shape index (κ2) is 5.63. The van der Waals surface area contributed by atoms with E-state index in [4.69, 9.17) is 0 Å². The highest BCUT2D eigenvalue weighted by Gasteiger charge is 2.33. The maximum absolute atomic E-state index is 4.11. The lowest BCUT2D eigenvalue weighted by molar-refractivity contribution is 0.280. The van der Waals surface area contributed by atoms with Crippen molar-refractivity contribution in [3.63, 3.8) is 0 Å². The lowest BCUT2D eigenvalue weighted by Crippen LogP contribution is -2.39. The van der Waals surface area contributed by atoms with Crippen LogP contribution in [-0.2, 0) is 0 Å². The fraction of sp³-hybridized carbons (Fsp3) is 0.667. The SMILES string of the molecule is CNC(C(C)c1ccncc1)C1CCCC1C. The highest BCUT2D eigenvalue weighted by molar-refractivity contribution is 5.18. The minimum absolute atomic E-state index is 0.563. The van der Waals surface area contributed by atoms with Crippen LogP contribution in [0.2, 0.25) is 0 Å². The predicted molar refractivity (Wildman–Crippen MR) is 72.0 cm³/mol. The minimum atomic E-state index is 0.563. The van der Waals surface area contributed by atoms with E-state index in [-0.39, 0.29) is 0 Å². The normalized spacial score (nSPS) is 27.9. The van der Waals surface area contributed by atoms with Crippen LogP contribution in [0.1, 0.15) is 44.6 Å². The molecule has 1 aliphatic rings. The zero-order valence-corrected chi connectivity index (χ0v) is 11.2. The number of hydrogen-bond donors (Lipinski definition) is 1. The molecule has 0 aromatic carbocycles. The van der Waals surface area contributed by atoms with E-state index in [2.05, 4.69) is 43.3 Å². The fourth-order valence-corrected chi connectivity index (χ4v) is 3.42. The predicted octanol–water partition coefficient (Wildman–Crippen LogP) is 3.21. The van der Waals surface area contributed by atoms with Gasteiger partial charge in [-0.1, -0.05) is 26.7 Å². The van der Waals surface area contributed by atoms with Crippen molar-refractivity contribution in [2.75, 3.05) is 7.05 Å². The van der Waals surface area contributed by atoms with Gasteiger partial charge in [0.15, 0.2) is 0 Å². The molecule has 0 radical (unpaired) electrons. The number of pyridine rings is 1. The first kappa shape index (κ1) is 12.6. The van der Waals surface area contributed by atoms with E-state index >= 15 is 0 Å². The van der Waals surface area contributed by atoms with Crippen molar-refractivity contribution in [1.82, 2.24) is 10.3 Å². The lowest BCUT2D eigenvalue weighted by Gasteiger charge is -2.32. The third kappa shape index (κ3) is 2.68. The van der Waals surface area contributed by atoms with E-state index in [0.29, 0.717) is 12.0 Å². The Hall–Kier alpha value is -0.890. The van der Waals surface area contributed by atoms with Crippen molar-refractivity contribution in [3.05, 3.63) is 30.1 Å². The molecule has 1 aromatic rings. The molecule has 0 spiro atoms. The summed E-state index contributed by atoms with van der Waals surface area (Å²) >= 11 is 0. The summed E-state index contributed by atoms with van der Waals surface area (Å²) in [4.78, 5) is 4.11. The summed E-state index contributed by atoms with van der Waals surface area (Å²) in [6.45, 7) is 4.74. The van der Waals surface area contributed by atoms with Gasteiger partial charge >= 0.3 is 0 Å². The van der Waals surface area contributed by atoms with Gasteiger partial charge in [-0.25, -0.2) is 0 Å². The zero-order valence-electron chi connectivity index (χ0n) is 11.2. The van der Waals surface area contributed by atoms with E-state index in [9.17, 15) is 0 Å². The number of likely N-dealkylation sites (N-methyl/N-ethyl adjacent to an activating group) is 1. The van der Waals surface area contributed by atoms with E-state index in [1.807, 2.05) is 12.4 Å². The topological polar surface area (TPSA) is 24.9 Å². The fourth-order valence-electron chi connectivity index (χ4n) is 3.42. The monoisotopic (exact) mass is 232 g/mol. The van der Waals surface area contributed by atoms with E-state index in [0.717, 1.165) is 11.8 Å². The van der Waals surface area contributed by atoms with Crippen molar-refractivity contribution in [2.45, 2.75) is 45.1 Å². The summed E-state index contributed by atoms with van der Waals surface area (Å²) in [5.41, 5.74) is 1.40. The van der Waals surface area contributed by atoms with Crippen LogP contribution in [0.3, 0.4) is 0 Å². The third-order valence-corrected chi connectivity index (χ3v) is 4.49. The Labute approximate surface area is 105 Å². The molecule has 0 amide bonds. The molecule has 4 unspecified atom stereocenters. The van der Waals surface area contributed by atoms with Gasteiger partial charge in [0.1, 0.15) is 0 Å². The summed E-state index contributed by atoms with van der Waals surface area (Å²) in [7, 11) is 2.10. The summed E-state index contributed by atoms with van der Waals surface area (Å²) in [5, 5.41) is 3.55. The molecule has 1 fully saturated rings. The highest BCUT2D eigenvalue weighted by atomic mass is 14.9. The molecule has 2 heteroatoms. The number of nitrogens with one attached hydrogen (secondary N) is 1.